The third-order valence-corrected chi connectivity index (χ3v) is 4.46. The number of guanidine groups is 1. The lowest BCUT2D eigenvalue weighted by molar-refractivity contribution is -0.138. The average molecular weight is 396 g/mol. The Labute approximate surface area is 161 Å². The van der Waals surface area contributed by atoms with Crippen LogP contribution >= 0.6 is 0 Å². The van der Waals surface area contributed by atoms with E-state index >= 15 is 0 Å². The van der Waals surface area contributed by atoms with E-state index < -0.39 is 11.7 Å². The number of nitrogens with one attached hydrogen (secondary N) is 2. The number of ether oxygens (including phenoxy) is 1. The SMILES string of the molecule is CN=C(NCc1ccco1)NCc1ccc(N2CCOCC2)cc1C(F)(F)F. The number of furan rings is 1. The molecule has 1 aliphatic heterocycles. The quantitative estimate of drug-likeness (QED) is 0.601. The molecule has 0 unspecified atom stereocenters. The van der Waals surface area contributed by atoms with Crippen LogP contribution in [0.1, 0.15) is 16.9 Å². The zero-order valence-electron chi connectivity index (χ0n) is 15.6. The van der Waals surface area contributed by atoms with Crippen molar-refractivity contribution < 1.29 is 22.3 Å². The summed E-state index contributed by atoms with van der Waals surface area (Å²) in [4.78, 5) is 5.94. The van der Waals surface area contributed by atoms with Gasteiger partial charge in [0.05, 0.1) is 31.6 Å². The predicted molar refractivity (Wildman–Crippen MR) is 100 cm³/mol. The molecule has 1 fully saturated rings. The fraction of sp³-hybridized carbons (Fsp3) is 0.421. The molecule has 6 nitrogen and oxygen atoms in total. The Hall–Kier alpha value is -2.68. The van der Waals surface area contributed by atoms with E-state index in [1.165, 1.54) is 12.1 Å². The van der Waals surface area contributed by atoms with Gasteiger partial charge in [0, 0.05) is 32.4 Å². The second-order valence-corrected chi connectivity index (χ2v) is 6.30. The van der Waals surface area contributed by atoms with Crippen LogP contribution in [0.3, 0.4) is 0 Å². The van der Waals surface area contributed by atoms with Crippen LogP contribution in [0.15, 0.2) is 46.0 Å². The van der Waals surface area contributed by atoms with Crippen LogP contribution in [0.4, 0.5) is 18.9 Å². The predicted octanol–water partition coefficient (Wildman–Crippen LogP) is 3.00. The number of halogens is 3. The average Bonchev–Trinajstić information content (AvgIpc) is 3.22. The van der Waals surface area contributed by atoms with Crippen LogP contribution < -0.4 is 15.5 Å². The second-order valence-electron chi connectivity index (χ2n) is 6.30. The van der Waals surface area contributed by atoms with Crippen LogP contribution in [0.5, 0.6) is 0 Å². The van der Waals surface area contributed by atoms with Gasteiger partial charge in [0.25, 0.3) is 0 Å². The lowest BCUT2D eigenvalue weighted by atomic mass is 10.0. The summed E-state index contributed by atoms with van der Waals surface area (Å²) in [5.41, 5.74) is 0.0654. The number of benzene rings is 1. The minimum absolute atomic E-state index is 0.00391. The summed E-state index contributed by atoms with van der Waals surface area (Å²) in [5.74, 6) is 1.09. The number of alkyl halides is 3. The van der Waals surface area contributed by atoms with E-state index in [1.54, 1.807) is 31.5 Å². The third-order valence-electron chi connectivity index (χ3n) is 4.46. The number of hydrogen-bond acceptors (Lipinski definition) is 4. The summed E-state index contributed by atoms with van der Waals surface area (Å²) in [6.07, 6.45) is -2.89. The Kier molecular flexibility index (Phi) is 6.45. The van der Waals surface area contributed by atoms with Gasteiger partial charge in [-0.3, -0.25) is 4.99 Å². The molecule has 0 spiro atoms. The Morgan fingerprint density at radius 2 is 1.89 bits per heavy atom. The number of aliphatic imine (C=N–C) groups is 1. The molecular formula is C19H23F3N4O2. The minimum atomic E-state index is -4.44. The fourth-order valence-corrected chi connectivity index (χ4v) is 2.98. The topological polar surface area (TPSA) is 62.0 Å². The van der Waals surface area contributed by atoms with Crippen molar-refractivity contribution >= 4 is 11.6 Å². The Balaban J connectivity index is 1.69. The lowest BCUT2D eigenvalue weighted by Gasteiger charge is -2.29. The maximum absolute atomic E-state index is 13.6. The molecule has 0 amide bonds. The number of hydrogen-bond donors (Lipinski definition) is 2. The van der Waals surface area contributed by atoms with Gasteiger partial charge in [-0.2, -0.15) is 13.2 Å². The fourth-order valence-electron chi connectivity index (χ4n) is 2.98. The number of anilines is 1. The molecule has 1 aliphatic rings. The first-order chi connectivity index (χ1) is 13.5. The molecule has 0 radical (unpaired) electrons. The van der Waals surface area contributed by atoms with Crippen molar-refractivity contribution in [2.45, 2.75) is 19.3 Å². The maximum Gasteiger partial charge on any atom is 0.416 e. The molecule has 152 valence electrons. The largest absolute Gasteiger partial charge is 0.467 e. The highest BCUT2D eigenvalue weighted by molar-refractivity contribution is 5.79. The first-order valence-electron chi connectivity index (χ1n) is 8.97. The van der Waals surface area contributed by atoms with E-state index in [1.807, 2.05) is 4.90 Å². The van der Waals surface area contributed by atoms with E-state index in [9.17, 15) is 13.2 Å². The molecule has 9 heteroatoms. The molecule has 28 heavy (non-hydrogen) atoms. The Bertz CT molecular complexity index is 785. The van der Waals surface area contributed by atoms with Crippen molar-refractivity contribution in [2.24, 2.45) is 4.99 Å². The maximum atomic E-state index is 13.6. The summed E-state index contributed by atoms with van der Waals surface area (Å²) in [6.45, 7) is 2.58. The normalized spacial score (nSPS) is 15.6. The van der Waals surface area contributed by atoms with E-state index in [0.29, 0.717) is 50.3 Å². The molecule has 0 bridgehead atoms. The van der Waals surface area contributed by atoms with Crippen molar-refractivity contribution in [3.63, 3.8) is 0 Å². The summed E-state index contributed by atoms with van der Waals surface area (Å²) in [6, 6.07) is 8.00. The Morgan fingerprint density at radius 1 is 1.14 bits per heavy atom. The molecular weight excluding hydrogens is 373 g/mol. The molecule has 0 aliphatic carbocycles. The molecule has 1 saturated heterocycles. The van der Waals surface area contributed by atoms with E-state index in [4.69, 9.17) is 9.15 Å². The van der Waals surface area contributed by atoms with Gasteiger partial charge in [-0.1, -0.05) is 6.07 Å². The van der Waals surface area contributed by atoms with Gasteiger partial charge in [-0.25, -0.2) is 0 Å². The van der Waals surface area contributed by atoms with Crippen LogP contribution in [0.25, 0.3) is 0 Å². The third kappa shape index (κ3) is 5.19. The minimum Gasteiger partial charge on any atom is -0.467 e. The standard InChI is InChI=1S/C19H23F3N4O2/c1-23-18(25-13-16-3-2-8-28-16)24-12-14-4-5-15(11-17(14)19(20,21)22)26-6-9-27-10-7-26/h2-5,8,11H,6-7,9-10,12-13H2,1H3,(H2,23,24,25). The van der Waals surface area contributed by atoms with Gasteiger partial charge in [0.15, 0.2) is 5.96 Å². The van der Waals surface area contributed by atoms with Crippen molar-refractivity contribution in [1.29, 1.82) is 0 Å². The molecule has 2 N–H and O–H groups in total. The van der Waals surface area contributed by atoms with Crippen LogP contribution in [-0.2, 0) is 24.0 Å². The lowest BCUT2D eigenvalue weighted by Crippen LogP contribution is -2.37. The first-order valence-corrected chi connectivity index (χ1v) is 8.97. The van der Waals surface area contributed by atoms with E-state index in [0.717, 1.165) is 0 Å². The smallest absolute Gasteiger partial charge is 0.416 e. The number of morpholine rings is 1. The van der Waals surface area contributed by atoms with E-state index in [-0.39, 0.29) is 12.1 Å². The first kappa shape index (κ1) is 20.1. The molecule has 1 aromatic heterocycles. The van der Waals surface area contributed by atoms with Gasteiger partial charge in [0.1, 0.15) is 5.76 Å². The summed E-state index contributed by atoms with van der Waals surface area (Å²) < 4.78 is 51.3. The molecule has 0 atom stereocenters. The van der Waals surface area contributed by atoms with Gasteiger partial charge < -0.3 is 24.7 Å². The molecule has 0 saturated carbocycles. The molecule has 2 heterocycles. The van der Waals surface area contributed by atoms with Gasteiger partial charge in [0.2, 0.25) is 0 Å². The zero-order chi connectivity index (χ0) is 20.0. The molecule has 1 aromatic carbocycles. The highest BCUT2D eigenvalue weighted by Gasteiger charge is 2.34. The van der Waals surface area contributed by atoms with Crippen molar-refractivity contribution in [2.75, 3.05) is 38.3 Å². The monoisotopic (exact) mass is 396 g/mol. The van der Waals surface area contributed by atoms with Crippen LogP contribution in [-0.4, -0.2) is 39.3 Å². The summed E-state index contributed by atoms with van der Waals surface area (Å²) >= 11 is 0. The van der Waals surface area contributed by atoms with Gasteiger partial charge in [-0.15, -0.1) is 0 Å². The second kappa shape index (κ2) is 9.01. The highest BCUT2D eigenvalue weighted by Crippen LogP contribution is 2.35. The number of rotatable bonds is 5. The van der Waals surface area contributed by atoms with Crippen molar-refractivity contribution in [1.82, 2.24) is 10.6 Å². The summed E-state index contributed by atoms with van der Waals surface area (Å²) in [7, 11) is 1.56. The highest BCUT2D eigenvalue weighted by atomic mass is 19.4. The van der Waals surface area contributed by atoms with Crippen LogP contribution in [0.2, 0.25) is 0 Å². The number of nitrogens with zero attached hydrogens (tertiary/aromatic N) is 2. The molecule has 2 aromatic rings. The van der Waals surface area contributed by atoms with Crippen molar-refractivity contribution in [3.05, 3.63) is 53.5 Å². The van der Waals surface area contributed by atoms with E-state index in [2.05, 4.69) is 15.6 Å². The Morgan fingerprint density at radius 3 is 2.54 bits per heavy atom. The van der Waals surface area contributed by atoms with Crippen LogP contribution in [0, 0.1) is 0 Å². The molecule has 3 rings (SSSR count). The van der Waals surface area contributed by atoms with Gasteiger partial charge in [-0.05, 0) is 29.8 Å². The van der Waals surface area contributed by atoms with Gasteiger partial charge >= 0.3 is 6.18 Å². The zero-order valence-corrected chi connectivity index (χ0v) is 15.6. The van der Waals surface area contributed by atoms with Crippen molar-refractivity contribution in [3.8, 4) is 0 Å². The summed E-state index contributed by atoms with van der Waals surface area (Å²) in [5, 5.41) is 5.93.